The van der Waals surface area contributed by atoms with Gasteiger partial charge in [0.2, 0.25) is 5.91 Å². The number of hydrogen-bond acceptors (Lipinski definition) is 6. The number of aryl methyl sites for hydroxylation is 1. The fraction of sp³-hybridized carbons (Fsp3) is 0.125. The predicted molar refractivity (Wildman–Crippen MR) is 137 cm³/mol. The van der Waals surface area contributed by atoms with Gasteiger partial charge in [0.05, 0.1) is 23.6 Å². The second kappa shape index (κ2) is 10.2. The quantitative estimate of drug-likeness (QED) is 0.435. The van der Waals surface area contributed by atoms with Crippen molar-refractivity contribution in [3.8, 4) is 5.75 Å². The molecule has 168 valence electrons. The largest absolute Gasteiger partial charge is 0.495 e. The molecule has 0 spiro atoms. The van der Waals surface area contributed by atoms with Crippen LogP contribution in [0.15, 0.2) is 70.7 Å². The van der Waals surface area contributed by atoms with Crippen molar-refractivity contribution in [2.24, 2.45) is 4.99 Å². The number of anilines is 2. The summed E-state index contributed by atoms with van der Waals surface area (Å²) in [7, 11) is 1.53. The van der Waals surface area contributed by atoms with Gasteiger partial charge in [-0.1, -0.05) is 47.6 Å². The second-order valence-electron chi connectivity index (χ2n) is 7.05. The van der Waals surface area contributed by atoms with E-state index in [-0.39, 0.29) is 17.6 Å². The van der Waals surface area contributed by atoms with Crippen molar-refractivity contribution in [2.45, 2.75) is 6.92 Å². The molecule has 33 heavy (non-hydrogen) atoms. The number of methoxy groups -OCH3 is 1. The standard InChI is InChI=1S/C24H20ClN3O3S2/c1-15-6-3-4-8-19(15)26-22(29)14-33-24-27-20(13-17-7-5-11-32-17)23(30)28(24)16-9-10-21(31-2)18(25)12-16/h3-13H,14H2,1-2H3,(H,26,29). The molecule has 0 unspecified atom stereocenters. The number of benzene rings is 2. The molecule has 1 aromatic heterocycles. The summed E-state index contributed by atoms with van der Waals surface area (Å²) in [6.45, 7) is 1.93. The minimum absolute atomic E-state index is 0.0904. The van der Waals surface area contributed by atoms with Gasteiger partial charge >= 0.3 is 0 Å². The van der Waals surface area contributed by atoms with Crippen LogP contribution in [-0.4, -0.2) is 29.8 Å². The van der Waals surface area contributed by atoms with Crippen molar-refractivity contribution < 1.29 is 14.3 Å². The molecule has 0 atom stereocenters. The molecule has 0 saturated heterocycles. The highest BCUT2D eigenvalue weighted by atomic mass is 35.5. The van der Waals surface area contributed by atoms with E-state index in [1.54, 1.807) is 24.3 Å². The fourth-order valence-electron chi connectivity index (χ4n) is 3.15. The third kappa shape index (κ3) is 5.30. The summed E-state index contributed by atoms with van der Waals surface area (Å²) in [5, 5.41) is 5.62. The second-order valence-corrected chi connectivity index (χ2v) is 9.38. The zero-order chi connectivity index (χ0) is 23.4. The zero-order valence-corrected chi connectivity index (χ0v) is 20.3. The Balaban J connectivity index is 1.58. The maximum Gasteiger partial charge on any atom is 0.283 e. The van der Waals surface area contributed by atoms with Gasteiger partial charge in [-0.05, 0) is 54.3 Å². The van der Waals surface area contributed by atoms with Crippen LogP contribution in [0.2, 0.25) is 5.02 Å². The van der Waals surface area contributed by atoms with E-state index in [0.717, 1.165) is 16.1 Å². The highest BCUT2D eigenvalue weighted by Gasteiger charge is 2.33. The summed E-state index contributed by atoms with van der Waals surface area (Å²) in [5.74, 6) is 0.122. The van der Waals surface area contributed by atoms with E-state index in [1.165, 1.54) is 35.1 Å². The van der Waals surface area contributed by atoms with Gasteiger partial charge in [-0.15, -0.1) is 11.3 Å². The van der Waals surface area contributed by atoms with Crippen LogP contribution in [0.3, 0.4) is 0 Å². The molecule has 2 aromatic carbocycles. The number of aliphatic imine (C=N–C) groups is 1. The number of hydrogen-bond donors (Lipinski definition) is 1. The molecular weight excluding hydrogens is 478 g/mol. The molecule has 0 bridgehead atoms. The predicted octanol–water partition coefficient (Wildman–Crippen LogP) is 5.83. The monoisotopic (exact) mass is 497 g/mol. The molecule has 6 nitrogen and oxygen atoms in total. The lowest BCUT2D eigenvalue weighted by atomic mass is 10.2. The Labute approximate surface area is 204 Å². The van der Waals surface area contributed by atoms with E-state index < -0.39 is 0 Å². The number of ether oxygens (including phenoxy) is 1. The van der Waals surface area contributed by atoms with Crippen molar-refractivity contribution in [2.75, 3.05) is 23.1 Å². The Morgan fingerprint density at radius 2 is 2.06 bits per heavy atom. The number of thiophene rings is 1. The van der Waals surface area contributed by atoms with Crippen LogP contribution in [0.25, 0.3) is 6.08 Å². The lowest BCUT2D eigenvalue weighted by molar-refractivity contribution is -0.114. The van der Waals surface area contributed by atoms with Gasteiger partial charge in [0.15, 0.2) is 5.17 Å². The minimum atomic E-state index is -0.286. The topological polar surface area (TPSA) is 71.0 Å². The van der Waals surface area contributed by atoms with Crippen LogP contribution in [0.4, 0.5) is 11.4 Å². The van der Waals surface area contributed by atoms with E-state index in [9.17, 15) is 9.59 Å². The van der Waals surface area contributed by atoms with Crippen LogP contribution in [-0.2, 0) is 9.59 Å². The molecule has 1 N–H and O–H groups in total. The number of para-hydroxylation sites is 1. The Kier molecular flexibility index (Phi) is 7.17. The van der Waals surface area contributed by atoms with Gasteiger partial charge in [0, 0.05) is 10.6 Å². The molecule has 0 fully saturated rings. The van der Waals surface area contributed by atoms with Crippen molar-refractivity contribution in [3.05, 3.63) is 81.1 Å². The SMILES string of the molecule is COc1ccc(N2C(=O)C(=Cc3cccs3)N=C2SCC(=O)Nc2ccccc2C)cc1Cl. The van der Waals surface area contributed by atoms with Gasteiger partial charge in [-0.2, -0.15) is 0 Å². The Hall–Kier alpha value is -3.07. The van der Waals surface area contributed by atoms with Crippen LogP contribution in [0.5, 0.6) is 5.75 Å². The molecule has 2 amide bonds. The number of nitrogens with one attached hydrogen (secondary N) is 1. The lowest BCUT2D eigenvalue weighted by Crippen LogP contribution is -2.31. The molecular formula is C24H20ClN3O3S2. The van der Waals surface area contributed by atoms with E-state index >= 15 is 0 Å². The third-order valence-electron chi connectivity index (χ3n) is 4.80. The summed E-state index contributed by atoms with van der Waals surface area (Å²) in [4.78, 5) is 32.8. The fourth-order valence-corrected chi connectivity index (χ4v) is 4.87. The zero-order valence-electron chi connectivity index (χ0n) is 17.9. The molecule has 3 aromatic rings. The molecule has 4 rings (SSSR count). The van der Waals surface area contributed by atoms with Crippen LogP contribution in [0, 0.1) is 6.92 Å². The number of carbonyl (C=O) groups is 2. The number of thioether (sulfide) groups is 1. The third-order valence-corrected chi connectivity index (χ3v) is 6.85. The van der Waals surface area contributed by atoms with Crippen LogP contribution >= 0.6 is 34.7 Å². The number of amides is 2. The van der Waals surface area contributed by atoms with Crippen molar-refractivity contribution in [1.82, 2.24) is 0 Å². The summed E-state index contributed by atoms with van der Waals surface area (Å²) < 4.78 is 5.22. The van der Waals surface area contributed by atoms with Gasteiger partial charge in [-0.3, -0.25) is 14.5 Å². The number of halogens is 1. The summed E-state index contributed by atoms with van der Waals surface area (Å²) in [6.07, 6.45) is 1.74. The highest BCUT2D eigenvalue weighted by molar-refractivity contribution is 8.14. The molecule has 1 aliphatic heterocycles. The van der Waals surface area contributed by atoms with E-state index in [2.05, 4.69) is 10.3 Å². The Morgan fingerprint density at radius 3 is 2.76 bits per heavy atom. The highest BCUT2D eigenvalue weighted by Crippen LogP contribution is 2.34. The van der Waals surface area contributed by atoms with Gasteiger partial charge in [0.1, 0.15) is 11.4 Å². The molecule has 2 heterocycles. The van der Waals surface area contributed by atoms with Crippen LogP contribution in [0.1, 0.15) is 10.4 Å². The van der Waals surface area contributed by atoms with E-state index in [1.807, 2.05) is 48.7 Å². The number of amidine groups is 1. The van der Waals surface area contributed by atoms with Crippen molar-refractivity contribution in [1.29, 1.82) is 0 Å². The van der Waals surface area contributed by atoms with Crippen molar-refractivity contribution >= 4 is 69.1 Å². The number of carbonyl (C=O) groups excluding carboxylic acids is 2. The summed E-state index contributed by atoms with van der Waals surface area (Å²) in [6, 6.07) is 16.5. The average molecular weight is 498 g/mol. The van der Waals surface area contributed by atoms with Gasteiger partial charge < -0.3 is 10.1 Å². The smallest absolute Gasteiger partial charge is 0.283 e. The lowest BCUT2D eigenvalue weighted by Gasteiger charge is -2.18. The first-order chi connectivity index (χ1) is 16.0. The molecule has 0 saturated carbocycles. The Morgan fingerprint density at radius 1 is 1.24 bits per heavy atom. The maximum absolute atomic E-state index is 13.2. The maximum atomic E-state index is 13.2. The molecule has 0 aliphatic carbocycles. The molecule has 1 aliphatic rings. The van der Waals surface area contributed by atoms with Gasteiger partial charge in [0.25, 0.3) is 5.91 Å². The first-order valence-electron chi connectivity index (χ1n) is 9.96. The summed E-state index contributed by atoms with van der Waals surface area (Å²) in [5.41, 5.74) is 2.57. The van der Waals surface area contributed by atoms with Crippen LogP contribution < -0.4 is 15.0 Å². The van der Waals surface area contributed by atoms with Crippen molar-refractivity contribution in [3.63, 3.8) is 0 Å². The normalized spacial score (nSPS) is 14.5. The molecule has 9 heteroatoms. The van der Waals surface area contributed by atoms with E-state index in [4.69, 9.17) is 16.3 Å². The first kappa shape index (κ1) is 23.1. The van der Waals surface area contributed by atoms with E-state index in [0.29, 0.717) is 27.3 Å². The Bertz CT molecular complexity index is 1260. The molecule has 0 radical (unpaired) electrons. The first-order valence-corrected chi connectivity index (χ1v) is 12.2. The van der Waals surface area contributed by atoms with Gasteiger partial charge in [-0.25, -0.2) is 4.99 Å². The number of rotatable bonds is 6. The minimum Gasteiger partial charge on any atom is -0.495 e. The summed E-state index contributed by atoms with van der Waals surface area (Å²) >= 11 is 9.00. The average Bonchev–Trinajstić information content (AvgIpc) is 3.42. The number of nitrogens with zero attached hydrogens (tertiary/aromatic N) is 2.